The van der Waals surface area contributed by atoms with Gasteiger partial charge in [0.1, 0.15) is 0 Å². The van der Waals surface area contributed by atoms with Crippen LogP contribution in [0.3, 0.4) is 0 Å². The molecule has 3 aromatic rings. The Balaban J connectivity index is 1.81. The summed E-state index contributed by atoms with van der Waals surface area (Å²) < 4.78 is 1.92. The molecule has 2 aromatic carbocycles. The second-order valence-corrected chi connectivity index (χ2v) is 8.83. The molecule has 0 bridgehead atoms. The number of hydrogen-bond acceptors (Lipinski definition) is 5. The zero-order valence-electron chi connectivity index (χ0n) is 17.5. The largest absolute Gasteiger partial charge is 0.333 e. The van der Waals surface area contributed by atoms with Crippen molar-refractivity contribution in [2.45, 2.75) is 38.4 Å². The predicted octanol–water partition coefficient (Wildman–Crippen LogP) is 3.96. The molecule has 2 N–H and O–H groups in total. The molecule has 3 amide bonds. The molecule has 1 heterocycles. The normalized spacial score (nSPS) is 11.2. The SMILES string of the molecule is Cc1ccc(-n2c(SCC(=O)NC(=O)NC(C)(C)C)nnc2-c2ccccc2)cc1. The maximum atomic E-state index is 12.2. The highest BCUT2D eigenvalue weighted by molar-refractivity contribution is 7.99. The summed E-state index contributed by atoms with van der Waals surface area (Å²) in [7, 11) is 0. The molecule has 0 unspecified atom stereocenters. The van der Waals surface area contributed by atoms with E-state index in [2.05, 4.69) is 20.8 Å². The maximum Gasteiger partial charge on any atom is 0.321 e. The highest BCUT2D eigenvalue weighted by atomic mass is 32.2. The van der Waals surface area contributed by atoms with Crippen molar-refractivity contribution in [2.24, 2.45) is 0 Å². The van der Waals surface area contributed by atoms with E-state index in [1.807, 2.05) is 86.9 Å². The number of nitrogens with zero attached hydrogens (tertiary/aromatic N) is 3. The van der Waals surface area contributed by atoms with Gasteiger partial charge < -0.3 is 5.32 Å². The minimum Gasteiger partial charge on any atom is -0.333 e. The van der Waals surface area contributed by atoms with Crippen LogP contribution in [0.1, 0.15) is 26.3 Å². The van der Waals surface area contributed by atoms with Crippen LogP contribution in [-0.4, -0.2) is 38.0 Å². The van der Waals surface area contributed by atoms with Gasteiger partial charge in [0, 0.05) is 16.8 Å². The molecular weight excluding hydrogens is 398 g/mol. The third-order valence-electron chi connectivity index (χ3n) is 4.03. The van der Waals surface area contributed by atoms with Gasteiger partial charge in [-0.1, -0.05) is 59.8 Å². The number of nitrogens with one attached hydrogen (secondary N) is 2. The summed E-state index contributed by atoms with van der Waals surface area (Å²) in [5.41, 5.74) is 2.55. The van der Waals surface area contributed by atoms with E-state index in [9.17, 15) is 9.59 Å². The van der Waals surface area contributed by atoms with Gasteiger partial charge in [0.25, 0.3) is 0 Å². The molecule has 0 fully saturated rings. The van der Waals surface area contributed by atoms with E-state index in [0.29, 0.717) is 11.0 Å². The number of thioether (sulfide) groups is 1. The summed E-state index contributed by atoms with van der Waals surface area (Å²) in [5, 5.41) is 14.3. The van der Waals surface area contributed by atoms with Gasteiger partial charge in [0.15, 0.2) is 11.0 Å². The van der Waals surface area contributed by atoms with E-state index >= 15 is 0 Å². The average Bonchev–Trinajstić information content (AvgIpc) is 3.10. The van der Waals surface area contributed by atoms with Gasteiger partial charge in [-0.15, -0.1) is 10.2 Å². The quantitative estimate of drug-likeness (QED) is 0.607. The van der Waals surface area contributed by atoms with Crippen LogP contribution in [0, 0.1) is 6.92 Å². The number of imide groups is 1. The van der Waals surface area contributed by atoms with E-state index in [4.69, 9.17) is 0 Å². The first-order valence-electron chi connectivity index (χ1n) is 9.55. The van der Waals surface area contributed by atoms with Crippen LogP contribution >= 0.6 is 11.8 Å². The zero-order chi connectivity index (χ0) is 21.7. The molecule has 0 saturated heterocycles. The zero-order valence-corrected chi connectivity index (χ0v) is 18.3. The minimum atomic E-state index is -0.516. The van der Waals surface area contributed by atoms with Gasteiger partial charge in [0.2, 0.25) is 5.91 Å². The number of aromatic nitrogens is 3. The van der Waals surface area contributed by atoms with Gasteiger partial charge in [-0.3, -0.25) is 14.7 Å². The Labute approximate surface area is 180 Å². The van der Waals surface area contributed by atoms with Crippen molar-refractivity contribution >= 4 is 23.7 Å². The molecular formula is C22H25N5O2S. The summed E-state index contributed by atoms with van der Waals surface area (Å²) in [4.78, 5) is 24.1. The first kappa shape index (κ1) is 21.6. The van der Waals surface area contributed by atoms with Crippen molar-refractivity contribution in [1.82, 2.24) is 25.4 Å². The van der Waals surface area contributed by atoms with Crippen molar-refractivity contribution < 1.29 is 9.59 Å². The molecule has 0 radical (unpaired) electrons. The molecule has 30 heavy (non-hydrogen) atoms. The van der Waals surface area contributed by atoms with Crippen LogP contribution in [0.25, 0.3) is 17.1 Å². The monoisotopic (exact) mass is 423 g/mol. The topological polar surface area (TPSA) is 88.9 Å². The van der Waals surface area contributed by atoms with Gasteiger partial charge in [-0.2, -0.15) is 0 Å². The van der Waals surface area contributed by atoms with Gasteiger partial charge in [0.05, 0.1) is 5.75 Å². The number of urea groups is 1. The molecule has 0 aliphatic rings. The third kappa shape index (κ3) is 5.70. The van der Waals surface area contributed by atoms with Crippen LogP contribution < -0.4 is 10.6 Å². The molecule has 0 spiro atoms. The lowest BCUT2D eigenvalue weighted by molar-refractivity contribution is -0.117. The number of hydrogen-bond donors (Lipinski definition) is 2. The molecule has 7 nitrogen and oxygen atoms in total. The van der Waals surface area contributed by atoms with E-state index < -0.39 is 17.5 Å². The lowest BCUT2D eigenvalue weighted by Gasteiger charge is -2.20. The molecule has 0 aliphatic heterocycles. The van der Waals surface area contributed by atoms with E-state index in [0.717, 1.165) is 16.8 Å². The lowest BCUT2D eigenvalue weighted by atomic mass is 10.1. The summed E-state index contributed by atoms with van der Waals surface area (Å²) >= 11 is 1.23. The highest BCUT2D eigenvalue weighted by Gasteiger charge is 2.19. The predicted molar refractivity (Wildman–Crippen MR) is 119 cm³/mol. The van der Waals surface area contributed by atoms with Crippen LogP contribution in [0.4, 0.5) is 4.79 Å². The summed E-state index contributed by atoms with van der Waals surface area (Å²) in [6.07, 6.45) is 0. The molecule has 156 valence electrons. The molecule has 0 atom stereocenters. The van der Waals surface area contributed by atoms with Gasteiger partial charge in [-0.05, 0) is 39.8 Å². The van der Waals surface area contributed by atoms with Crippen molar-refractivity contribution in [1.29, 1.82) is 0 Å². The fraction of sp³-hybridized carbons (Fsp3) is 0.273. The Morgan fingerprint density at radius 1 is 1.00 bits per heavy atom. The fourth-order valence-corrected chi connectivity index (χ4v) is 3.48. The van der Waals surface area contributed by atoms with Crippen molar-refractivity contribution in [3.8, 4) is 17.1 Å². The number of carbonyl (C=O) groups excluding carboxylic acids is 2. The molecule has 0 saturated carbocycles. The van der Waals surface area contributed by atoms with E-state index in [-0.39, 0.29) is 5.75 Å². The Bertz CT molecular complexity index is 1020. The first-order chi connectivity index (χ1) is 14.2. The van der Waals surface area contributed by atoms with Gasteiger partial charge >= 0.3 is 6.03 Å². The van der Waals surface area contributed by atoms with Gasteiger partial charge in [-0.25, -0.2) is 4.79 Å². The van der Waals surface area contributed by atoms with Crippen LogP contribution in [0.5, 0.6) is 0 Å². The van der Waals surface area contributed by atoms with Crippen LogP contribution in [0.2, 0.25) is 0 Å². The molecule has 1 aromatic heterocycles. The summed E-state index contributed by atoms with van der Waals surface area (Å²) in [6, 6.07) is 17.3. The summed E-state index contributed by atoms with van der Waals surface area (Å²) in [6.45, 7) is 7.57. The third-order valence-corrected chi connectivity index (χ3v) is 4.96. The second-order valence-electron chi connectivity index (χ2n) is 7.88. The Hall–Kier alpha value is -3.13. The number of amides is 3. The number of rotatable bonds is 5. The summed E-state index contributed by atoms with van der Waals surface area (Å²) in [5.74, 6) is 0.324. The molecule has 3 rings (SSSR count). The lowest BCUT2D eigenvalue weighted by Crippen LogP contribution is -2.48. The molecule has 8 heteroatoms. The fourth-order valence-electron chi connectivity index (χ4n) is 2.73. The second kappa shape index (κ2) is 9.13. The van der Waals surface area contributed by atoms with Crippen molar-refractivity contribution in [2.75, 3.05) is 5.75 Å². The Kier molecular flexibility index (Phi) is 6.56. The maximum absolute atomic E-state index is 12.2. The van der Waals surface area contributed by atoms with Crippen LogP contribution in [-0.2, 0) is 4.79 Å². The number of benzene rings is 2. The Morgan fingerprint density at radius 3 is 2.30 bits per heavy atom. The van der Waals surface area contributed by atoms with Crippen LogP contribution in [0.15, 0.2) is 59.8 Å². The van der Waals surface area contributed by atoms with Crippen molar-refractivity contribution in [3.63, 3.8) is 0 Å². The smallest absolute Gasteiger partial charge is 0.321 e. The van der Waals surface area contributed by atoms with E-state index in [1.54, 1.807) is 0 Å². The average molecular weight is 424 g/mol. The number of carbonyl (C=O) groups is 2. The first-order valence-corrected chi connectivity index (χ1v) is 10.5. The molecule has 0 aliphatic carbocycles. The van der Waals surface area contributed by atoms with Crippen molar-refractivity contribution in [3.05, 3.63) is 60.2 Å². The van der Waals surface area contributed by atoms with E-state index in [1.165, 1.54) is 11.8 Å². The standard InChI is InChI=1S/C22H25N5O2S/c1-15-10-12-17(13-11-15)27-19(16-8-6-5-7-9-16)25-26-21(27)30-14-18(28)23-20(29)24-22(2,3)4/h5-13H,14H2,1-4H3,(H2,23,24,28,29). The highest BCUT2D eigenvalue weighted by Crippen LogP contribution is 2.28. The Morgan fingerprint density at radius 2 is 1.67 bits per heavy atom. The minimum absolute atomic E-state index is 0.0380. The number of aryl methyl sites for hydroxylation is 1.